The number of nitrogens with zero attached hydrogens (tertiary/aromatic N) is 1. The Bertz CT molecular complexity index is 430. The maximum atomic E-state index is 11.0. The molecule has 0 saturated carbocycles. The highest BCUT2D eigenvalue weighted by Crippen LogP contribution is 2.16. The van der Waals surface area contributed by atoms with Crippen molar-refractivity contribution in [2.75, 3.05) is 31.7 Å². The first-order chi connectivity index (χ1) is 8.66. The van der Waals surface area contributed by atoms with Gasteiger partial charge >= 0.3 is 5.97 Å². The standard InChI is InChI=1S/C12H16N2O4/c1-8-4-11(10(6-13-8)12(15)16)14-5-9-7-17-2-3-18-9/h4,6,9H,2-3,5,7H2,1H3,(H,13,14)(H,15,16). The molecule has 2 N–H and O–H groups in total. The van der Waals surface area contributed by atoms with Crippen LogP contribution in [0, 0.1) is 6.92 Å². The Kier molecular flexibility index (Phi) is 4.11. The van der Waals surface area contributed by atoms with Crippen LogP contribution in [0.4, 0.5) is 5.69 Å². The van der Waals surface area contributed by atoms with Crippen LogP contribution in [0.25, 0.3) is 0 Å². The smallest absolute Gasteiger partial charge is 0.339 e. The van der Waals surface area contributed by atoms with Gasteiger partial charge in [0.05, 0.1) is 31.6 Å². The highest BCUT2D eigenvalue weighted by molar-refractivity contribution is 5.93. The van der Waals surface area contributed by atoms with Crippen LogP contribution in [-0.2, 0) is 9.47 Å². The van der Waals surface area contributed by atoms with Crippen molar-refractivity contribution in [2.24, 2.45) is 0 Å². The molecule has 6 nitrogen and oxygen atoms in total. The van der Waals surface area contributed by atoms with Gasteiger partial charge in [0.1, 0.15) is 5.56 Å². The summed E-state index contributed by atoms with van der Waals surface area (Å²) in [6, 6.07) is 1.72. The van der Waals surface area contributed by atoms with Gasteiger partial charge in [0.15, 0.2) is 0 Å². The minimum absolute atomic E-state index is 0.0473. The van der Waals surface area contributed by atoms with Crippen LogP contribution < -0.4 is 5.32 Å². The Hall–Kier alpha value is -1.66. The fourth-order valence-corrected chi connectivity index (χ4v) is 1.75. The van der Waals surface area contributed by atoms with E-state index in [1.807, 2.05) is 6.92 Å². The van der Waals surface area contributed by atoms with Gasteiger partial charge in [0, 0.05) is 18.4 Å². The SMILES string of the molecule is Cc1cc(NCC2COCCO2)c(C(=O)O)cn1. The number of carbonyl (C=O) groups is 1. The monoisotopic (exact) mass is 252 g/mol. The first-order valence-electron chi connectivity index (χ1n) is 5.80. The van der Waals surface area contributed by atoms with Gasteiger partial charge < -0.3 is 19.9 Å². The lowest BCUT2D eigenvalue weighted by atomic mass is 10.2. The molecule has 0 bridgehead atoms. The van der Waals surface area contributed by atoms with Crippen molar-refractivity contribution in [3.8, 4) is 0 Å². The number of aromatic carboxylic acids is 1. The van der Waals surface area contributed by atoms with Gasteiger partial charge in [0.2, 0.25) is 0 Å². The number of rotatable bonds is 4. The molecule has 2 heterocycles. The summed E-state index contributed by atoms with van der Waals surface area (Å²) in [6.45, 7) is 4.05. The van der Waals surface area contributed by atoms with Crippen molar-refractivity contribution in [1.82, 2.24) is 4.98 Å². The number of hydrogen-bond donors (Lipinski definition) is 2. The second kappa shape index (κ2) is 5.79. The average Bonchev–Trinajstić information content (AvgIpc) is 2.37. The first-order valence-corrected chi connectivity index (χ1v) is 5.80. The fourth-order valence-electron chi connectivity index (χ4n) is 1.75. The van der Waals surface area contributed by atoms with Gasteiger partial charge in [-0.1, -0.05) is 0 Å². The molecule has 0 radical (unpaired) electrons. The van der Waals surface area contributed by atoms with Crippen LogP contribution in [0.1, 0.15) is 16.1 Å². The topological polar surface area (TPSA) is 80.7 Å². The van der Waals surface area contributed by atoms with Gasteiger partial charge in [-0.3, -0.25) is 4.98 Å². The van der Waals surface area contributed by atoms with Crippen LogP contribution in [-0.4, -0.2) is 48.5 Å². The quantitative estimate of drug-likeness (QED) is 0.829. The molecule has 1 aromatic rings. The van der Waals surface area contributed by atoms with E-state index in [1.165, 1.54) is 6.20 Å². The first kappa shape index (κ1) is 12.8. The third-order valence-corrected chi connectivity index (χ3v) is 2.68. The zero-order chi connectivity index (χ0) is 13.0. The van der Waals surface area contributed by atoms with E-state index in [4.69, 9.17) is 14.6 Å². The Morgan fingerprint density at radius 1 is 1.61 bits per heavy atom. The predicted molar refractivity (Wildman–Crippen MR) is 65.0 cm³/mol. The summed E-state index contributed by atoms with van der Waals surface area (Å²) in [5, 5.41) is 12.1. The van der Waals surface area contributed by atoms with Crippen LogP contribution in [0.15, 0.2) is 12.3 Å². The molecule has 6 heteroatoms. The zero-order valence-electron chi connectivity index (χ0n) is 10.2. The third-order valence-electron chi connectivity index (χ3n) is 2.68. The molecule has 1 unspecified atom stereocenters. The average molecular weight is 252 g/mol. The van der Waals surface area contributed by atoms with Gasteiger partial charge in [-0.15, -0.1) is 0 Å². The number of hydrogen-bond acceptors (Lipinski definition) is 5. The number of nitrogens with one attached hydrogen (secondary N) is 1. The van der Waals surface area contributed by atoms with E-state index in [0.29, 0.717) is 32.1 Å². The van der Waals surface area contributed by atoms with Crippen LogP contribution in [0.5, 0.6) is 0 Å². The Morgan fingerprint density at radius 3 is 3.11 bits per heavy atom. The highest BCUT2D eigenvalue weighted by Gasteiger charge is 2.16. The maximum absolute atomic E-state index is 11.0. The van der Waals surface area contributed by atoms with E-state index in [9.17, 15) is 4.79 Å². The number of aryl methyl sites for hydroxylation is 1. The molecule has 1 saturated heterocycles. The van der Waals surface area contributed by atoms with Crippen LogP contribution in [0.2, 0.25) is 0 Å². The molecule has 1 atom stereocenters. The van der Waals surface area contributed by atoms with E-state index in [1.54, 1.807) is 6.07 Å². The second-order valence-electron chi connectivity index (χ2n) is 4.13. The summed E-state index contributed by atoms with van der Waals surface area (Å²) in [5.41, 5.74) is 1.49. The molecule has 1 aromatic heterocycles. The van der Waals surface area contributed by atoms with Crippen molar-refractivity contribution in [2.45, 2.75) is 13.0 Å². The molecule has 0 aromatic carbocycles. The molecule has 1 aliphatic rings. The molecule has 1 fully saturated rings. The van der Waals surface area contributed by atoms with Crippen LogP contribution >= 0.6 is 0 Å². The third kappa shape index (κ3) is 3.18. The number of carboxylic acid groups (broad SMARTS) is 1. The van der Waals surface area contributed by atoms with E-state index in [-0.39, 0.29) is 11.7 Å². The number of ether oxygens (including phenoxy) is 2. The van der Waals surface area contributed by atoms with Gasteiger partial charge in [-0.25, -0.2) is 4.79 Å². The molecule has 18 heavy (non-hydrogen) atoms. The largest absolute Gasteiger partial charge is 0.478 e. The molecule has 0 aliphatic carbocycles. The summed E-state index contributed by atoms with van der Waals surface area (Å²) in [6.07, 6.45) is 1.31. The van der Waals surface area contributed by atoms with Crippen molar-refractivity contribution in [3.05, 3.63) is 23.5 Å². The molecule has 2 rings (SSSR count). The molecule has 1 aliphatic heterocycles. The van der Waals surface area contributed by atoms with Crippen molar-refractivity contribution >= 4 is 11.7 Å². The van der Waals surface area contributed by atoms with E-state index >= 15 is 0 Å². The van der Waals surface area contributed by atoms with E-state index in [0.717, 1.165) is 5.69 Å². The summed E-state index contributed by atoms with van der Waals surface area (Å²) < 4.78 is 10.8. The second-order valence-corrected chi connectivity index (χ2v) is 4.13. The molecule has 0 amide bonds. The number of carboxylic acids is 1. The van der Waals surface area contributed by atoms with E-state index < -0.39 is 5.97 Å². The summed E-state index contributed by atoms with van der Waals surface area (Å²) >= 11 is 0. The minimum Gasteiger partial charge on any atom is -0.478 e. The minimum atomic E-state index is -0.995. The Labute approximate surface area is 105 Å². The van der Waals surface area contributed by atoms with E-state index in [2.05, 4.69) is 10.3 Å². The molecule has 98 valence electrons. The number of pyridine rings is 1. The molecular weight excluding hydrogens is 236 g/mol. The lowest BCUT2D eigenvalue weighted by Gasteiger charge is -2.23. The van der Waals surface area contributed by atoms with Gasteiger partial charge in [0.25, 0.3) is 0 Å². The summed E-state index contributed by atoms with van der Waals surface area (Å²) in [7, 11) is 0. The number of anilines is 1. The number of aromatic nitrogens is 1. The predicted octanol–water partition coefficient (Wildman–Crippen LogP) is 0.916. The summed E-state index contributed by atoms with van der Waals surface area (Å²) in [4.78, 5) is 15.0. The lowest BCUT2D eigenvalue weighted by molar-refractivity contribution is -0.0818. The van der Waals surface area contributed by atoms with Crippen molar-refractivity contribution in [1.29, 1.82) is 0 Å². The Balaban J connectivity index is 2.03. The van der Waals surface area contributed by atoms with Crippen molar-refractivity contribution in [3.63, 3.8) is 0 Å². The van der Waals surface area contributed by atoms with Gasteiger partial charge in [-0.2, -0.15) is 0 Å². The summed E-state index contributed by atoms with van der Waals surface area (Å²) in [5.74, 6) is -0.995. The van der Waals surface area contributed by atoms with Crippen molar-refractivity contribution < 1.29 is 19.4 Å². The zero-order valence-corrected chi connectivity index (χ0v) is 10.2. The molecular formula is C12H16N2O4. The Morgan fingerprint density at radius 2 is 2.44 bits per heavy atom. The normalized spacial score (nSPS) is 19.5. The van der Waals surface area contributed by atoms with Crippen LogP contribution in [0.3, 0.4) is 0 Å². The fraction of sp³-hybridized carbons (Fsp3) is 0.500. The lowest BCUT2D eigenvalue weighted by Crippen LogP contribution is -2.34. The van der Waals surface area contributed by atoms with Gasteiger partial charge in [-0.05, 0) is 13.0 Å². The molecule has 0 spiro atoms. The maximum Gasteiger partial charge on any atom is 0.339 e. The highest BCUT2D eigenvalue weighted by atomic mass is 16.6.